The topological polar surface area (TPSA) is 82.1 Å². The van der Waals surface area contributed by atoms with Gasteiger partial charge in [0.1, 0.15) is 11.5 Å². The first kappa shape index (κ1) is 13.8. The van der Waals surface area contributed by atoms with Gasteiger partial charge >= 0.3 is 0 Å². The molecule has 1 fully saturated rings. The Labute approximate surface area is 123 Å². The zero-order chi connectivity index (χ0) is 14.8. The van der Waals surface area contributed by atoms with Crippen molar-refractivity contribution in [2.45, 2.75) is 25.9 Å². The second kappa shape index (κ2) is 5.69. The predicted molar refractivity (Wildman–Crippen MR) is 80.5 cm³/mol. The standard InChI is InChI=1S/C14H20N6O/c1-10-8-12(19-6-3-4-11(9-19)21-2)17-14(15)13(10)20-7-5-16-18-20/h5,7-8,11H,3-4,6,9H2,1-2H3,(H2,15,17). The van der Waals surface area contributed by atoms with E-state index in [4.69, 9.17) is 10.5 Å². The molecule has 0 aliphatic carbocycles. The molecule has 2 N–H and O–H groups in total. The van der Waals surface area contributed by atoms with E-state index >= 15 is 0 Å². The summed E-state index contributed by atoms with van der Waals surface area (Å²) in [6.45, 7) is 3.84. The summed E-state index contributed by atoms with van der Waals surface area (Å²) in [6, 6.07) is 2.05. The average Bonchev–Trinajstić information content (AvgIpc) is 3.00. The van der Waals surface area contributed by atoms with Crippen LogP contribution in [0.3, 0.4) is 0 Å². The molecule has 1 unspecified atom stereocenters. The Balaban J connectivity index is 1.91. The fourth-order valence-corrected chi connectivity index (χ4v) is 2.80. The molecule has 0 saturated carbocycles. The molecular weight excluding hydrogens is 268 g/mol. The molecule has 1 aliphatic rings. The first-order valence-corrected chi connectivity index (χ1v) is 7.10. The van der Waals surface area contributed by atoms with E-state index in [0.29, 0.717) is 5.82 Å². The summed E-state index contributed by atoms with van der Waals surface area (Å²) in [5.74, 6) is 1.37. The molecule has 2 aromatic rings. The van der Waals surface area contributed by atoms with Gasteiger partial charge in [0.05, 0.1) is 18.5 Å². The predicted octanol–water partition coefficient (Wildman–Crippen LogP) is 1.17. The van der Waals surface area contributed by atoms with Crippen LogP contribution in [0.25, 0.3) is 5.69 Å². The molecule has 0 amide bonds. The number of aromatic nitrogens is 4. The molecule has 0 bridgehead atoms. The molecule has 112 valence electrons. The van der Waals surface area contributed by atoms with Gasteiger partial charge in [-0.25, -0.2) is 9.67 Å². The summed E-state index contributed by atoms with van der Waals surface area (Å²) in [5.41, 5.74) is 7.95. The molecule has 0 aromatic carbocycles. The molecule has 7 nitrogen and oxygen atoms in total. The van der Waals surface area contributed by atoms with Gasteiger partial charge < -0.3 is 15.4 Å². The minimum atomic E-state index is 0.261. The second-order valence-corrected chi connectivity index (χ2v) is 5.32. The van der Waals surface area contributed by atoms with Gasteiger partial charge in [0, 0.05) is 20.2 Å². The van der Waals surface area contributed by atoms with E-state index in [2.05, 4.69) is 20.2 Å². The van der Waals surface area contributed by atoms with Crippen LogP contribution in [0.5, 0.6) is 0 Å². The number of nitrogens with two attached hydrogens (primary N) is 1. The fraction of sp³-hybridized carbons (Fsp3) is 0.500. The lowest BCUT2D eigenvalue weighted by Crippen LogP contribution is -2.39. The molecule has 1 saturated heterocycles. The molecule has 0 spiro atoms. The number of nitrogen functional groups attached to an aromatic ring is 1. The number of piperidine rings is 1. The van der Waals surface area contributed by atoms with Gasteiger partial charge in [0.25, 0.3) is 0 Å². The third kappa shape index (κ3) is 2.69. The second-order valence-electron chi connectivity index (χ2n) is 5.32. The largest absolute Gasteiger partial charge is 0.382 e. The van der Waals surface area contributed by atoms with E-state index in [1.807, 2.05) is 13.0 Å². The highest BCUT2D eigenvalue weighted by molar-refractivity contribution is 5.62. The maximum absolute atomic E-state index is 6.13. The lowest BCUT2D eigenvalue weighted by molar-refractivity contribution is 0.0891. The van der Waals surface area contributed by atoms with E-state index in [-0.39, 0.29) is 6.10 Å². The maximum atomic E-state index is 6.13. The van der Waals surface area contributed by atoms with Crippen molar-refractivity contribution in [3.8, 4) is 5.69 Å². The highest BCUT2D eigenvalue weighted by atomic mass is 16.5. The smallest absolute Gasteiger partial charge is 0.152 e. The molecule has 3 rings (SSSR count). The third-order valence-electron chi connectivity index (χ3n) is 3.88. The van der Waals surface area contributed by atoms with Crippen molar-refractivity contribution >= 4 is 11.6 Å². The number of pyridine rings is 1. The Hall–Kier alpha value is -2.15. The molecular formula is C14H20N6O. The van der Waals surface area contributed by atoms with Gasteiger partial charge in [-0.1, -0.05) is 5.21 Å². The maximum Gasteiger partial charge on any atom is 0.152 e. The summed E-state index contributed by atoms with van der Waals surface area (Å²) < 4.78 is 7.11. The molecule has 1 aliphatic heterocycles. The van der Waals surface area contributed by atoms with Crippen LogP contribution in [0.4, 0.5) is 11.6 Å². The average molecular weight is 288 g/mol. The highest BCUT2D eigenvalue weighted by Crippen LogP contribution is 2.26. The lowest BCUT2D eigenvalue weighted by atomic mass is 10.1. The summed E-state index contributed by atoms with van der Waals surface area (Å²) in [4.78, 5) is 6.77. The van der Waals surface area contributed by atoms with Crippen LogP contribution in [-0.2, 0) is 4.74 Å². The number of rotatable bonds is 3. The van der Waals surface area contributed by atoms with Crippen molar-refractivity contribution in [1.29, 1.82) is 0 Å². The van der Waals surface area contributed by atoms with Crippen LogP contribution < -0.4 is 10.6 Å². The van der Waals surface area contributed by atoms with Crippen LogP contribution in [0.15, 0.2) is 18.5 Å². The number of methoxy groups -OCH3 is 1. The zero-order valence-electron chi connectivity index (χ0n) is 12.4. The monoisotopic (exact) mass is 288 g/mol. The van der Waals surface area contributed by atoms with Gasteiger partial charge in [-0.05, 0) is 31.4 Å². The molecule has 21 heavy (non-hydrogen) atoms. The van der Waals surface area contributed by atoms with Crippen LogP contribution >= 0.6 is 0 Å². The minimum Gasteiger partial charge on any atom is -0.382 e. The van der Waals surface area contributed by atoms with Crippen molar-refractivity contribution in [2.75, 3.05) is 30.8 Å². The summed E-state index contributed by atoms with van der Waals surface area (Å²) in [7, 11) is 1.76. The van der Waals surface area contributed by atoms with Gasteiger partial charge in [-0.15, -0.1) is 5.10 Å². The van der Waals surface area contributed by atoms with Crippen molar-refractivity contribution < 1.29 is 4.74 Å². The number of anilines is 2. The number of nitrogens with zero attached hydrogens (tertiary/aromatic N) is 5. The normalized spacial score (nSPS) is 19.0. The highest BCUT2D eigenvalue weighted by Gasteiger charge is 2.22. The van der Waals surface area contributed by atoms with Crippen LogP contribution in [-0.4, -0.2) is 46.3 Å². The molecule has 7 heteroatoms. The minimum absolute atomic E-state index is 0.261. The van der Waals surface area contributed by atoms with Crippen molar-refractivity contribution in [3.63, 3.8) is 0 Å². The van der Waals surface area contributed by atoms with Gasteiger partial charge in [-0.2, -0.15) is 0 Å². The van der Waals surface area contributed by atoms with E-state index in [1.54, 1.807) is 24.2 Å². The first-order chi connectivity index (χ1) is 10.2. The Morgan fingerprint density at radius 2 is 2.29 bits per heavy atom. The number of hydrogen-bond donors (Lipinski definition) is 1. The zero-order valence-corrected chi connectivity index (χ0v) is 12.4. The van der Waals surface area contributed by atoms with Gasteiger partial charge in [0.2, 0.25) is 0 Å². The molecule has 2 aromatic heterocycles. The van der Waals surface area contributed by atoms with E-state index in [9.17, 15) is 0 Å². The van der Waals surface area contributed by atoms with Crippen molar-refractivity contribution in [1.82, 2.24) is 20.0 Å². The van der Waals surface area contributed by atoms with Crippen LogP contribution in [0.2, 0.25) is 0 Å². The Bertz CT molecular complexity index is 589. The van der Waals surface area contributed by atoms with Crippen molar-refractivity contribution in [2.24, 2.45) is 0 Å². The lowest BCUT2D eigenvalue weighted by Gasteiger charge is -2.33. The van der Waals surface area contributed by atoms with Crippen LogP contribution in [0, 0.1) is 6.92 Å². The molecule has 1 atom stereocenters. The van der Waals surface area contributed by atoms with Gasteiger partial charge in [-0.3, -0.25) is 0 Å². The Kier molecular flexibility index (Phi) is 3.74. The van der Waals surface area contributed by atoms with E-state index < -0.39 is 0 Å². The van der Waals surface area contributed by atoms with Crippen molar-refractivity contribution in [3.05, 3.63) is 24.0 Å². The fourth-order valence-electron chi connectivity index (χ4n) is 2.80. The number of hydrogen-bond acceptors (Lipinski definition) is 6. The van der Waals surface area contributed by atoms with Gasteiger partial charge in [0.15, 0.2) is 5.82 Å². The Morgan fingerprint density at radius 1 is 1.43 bits per heavy atom. The summed E-state index contributed by atoms with van der Waals surface area (Å²) in [5, 5.41) is 7.81. The number of aryl methyl sites for hydroxylation is 1. The third-order valence-corrected chi connectivity index (χ3v) is 3.88. The first-order valence-electron chi connectivity index (χ1n) is 7.10. The molecule has 0 radical (unpaired) electrons. The van der Waals surface area contributed by atoms with Crippen LogP contribution in [0.1, 0.15) is 18.4 Å². The van der Waals surface area contributed by atoms with E-state index in [1.165, 1.54) is 0 Å². The quantitative estimate of drug-likeness (QED) is 0.913. The Morgan fingerprint density at radius 3 is 2.95 bits per heavy atom. The summed E-state index contributed by atoms with van der Waals surface area (Å²) >= 11 is 0. The SMILES string of the molecule is COC1CCCN(c2cc(C)c(-n3ccnn3)c(N)n2)C1. The molecule has 3 heterocycles. The van der Waals surface area contributed by atoms with E-state index in [0.717, 1.165) is 43.0 Å². The number of ether oxygens (including phenoxy) is 1. The summed E-state index contributed by atoms with van der Waals surface area (Å²) in [6.07, 6.45) is 5.85.